The van der Waals surface area contributed by atoms with Gasteiger partial charge in [0.25, 0.3) is 0 Å². The Kier molecular flexibility index (Phi) is 4.98. The number of rotatable bonds is 4. The lowest BCUT2D eigenvalue weighted by atomic mass is 9.92. The molecule has 4 aromatic rings. The fourth-order valence-electron chi connectivity index (χ4n) is 4.19. The molecule has 3 aromatic carbocycles. The molecule has 146 valence electrons. The number of benzene rings is 3. The summed E-state index contributed by atoms with van der Waals surface area (Å²) in [7, 11) is 1.68. The van der Waals surface area contributed by atoms with Crippen LogP contribution in [0, 0.1) is 27.7 Å². The van der Waals surface area contributed by atoms with Crippen LogP contribution in [-0.2, 0) is 0 Å². The zero-order valence-electron chi connectivity index (χ0n) is 17.7. The van der Waals surface area contributed by atoms with Crippen LogP contribution in [0.3, 0.4) is 0 Å². The number of hydrogen-bond donors (Lipinski definition) is 0. The predicted octanol–water partition coefficient (Wildman–Crippen LogP) is 6.45. The standard InChI is InChI=1S/C26H26N2O/c1-17-7-6-8-18(2)24(17)22-15-19(3)25(20(4)16-22)28-14-13-27-26(28)21-9-11-23(29-5)12-10-21/h6-16H,1-5H3. The average Bonchev–Trinajstić information content (AvgIpc) is 3.17. The van der Waals surface area contributed by atoms with Crippen LogP contribution < -0.4 is 4.74 Å². The molecule has 4 rings (SSSR count). The number of ether oxygens (including phenoxy) is 1. The number of aromatic nitrogens is 2. The fourth-order valence-corrected chi connectivity index (χ4v) is 4.19. The Balaban J connectivity index is 1.83. The number of aryl methyl sites for hydroxylation is 4. The van der Waals surface area contributed by atoms with Gasteiger partial charge in [-0.1, -0.05) is 18.2 Å². The summed E-state index contributed by atoms with van der Waals surface area (Å²) in [5.74, 6) is 1.77. The van der Waals surface area contributed by atoms with Crippen LogP contribution in [0.15, 0.2) is 67.0 Å². The van der Waals surface area contributed by atoms with Crippen LogP contribution in [0.4, 0.5) is 0 Å². The molecule has 0 bridgehead atoms. The Morgan fingerprint density at radius 2 is 1.38 bits per heavy atom. The van der Waals surface area contributed by atoms with Gasteiger partial charge in [0.05, 0.1) is 12.8 Å². The third-order valence-electron chi connectivity index (χ3n) is 5.49. The molecule has 0 amide bonds. The van der Waals surface area contributed by atoms with Crippen molar-refractivity contribution in [1.82, 2.24) is 9.55 Å². The molecule has 0 fully saturated rings. The van der Waals surface area contributed by atoms with E-state index in [1.165, 1.54) is 39.1 Å². The molecule has 3 nitrogen and oxygen atoms in total. The van der Waals surface area contributed by atoms with Crippen molar-refractivity contribution in [2.75, 3.05) is 7.11 Å². The van der Waals surface area contributed by atoms with Crippen LogP contribution in [0.1, 0.15) is 22.3 Å². The molecule has 29 heavy (non-hydrogen) atoms. The fraction of sp³-hybridized carbons (Fsp3) is 0.192. The minimum absolute atomic E-state index is 0.845. The Bertz CT molecular complexity index is 1130. The molecule has 0 N–H and O–H groups in total. The van der Waals surface area contributed by atoms with E-state index in [2.05, 4.69) is 67.6 Å². The normalized spacial score (nSPS) is 10.9. The van der Waals surface area contributed by atoms with Crippen molar-refractivity contribution in [2.45, 2.75) is 27.7 Å². The van der Waals surface area contributed by atoms with Gasteiger partial charge in [0.2, 0.25) is 0 Å². The van der Waals surface area contributed by atoms with Crippen molar-refractivity contribution >= 4 is 0 Å². The molecule has 1 heterocycles. The molecule has 0 atom stereocenters. The number of hydrogen-bond acceptors (Lipinski definition) is 2. The van der Waals surface area contributed by atoms with Crippen molar-refractivity contribution < 1.29 is 4.74 Å². The largest absolute Gasteiger partial charge is 0.497 e. The van der Waals surface area contributed by atoms with Crippen LogP contribution in [-0.4, -0.2) is 16.7 Å². The van der Waals surface area contributed by atoms with Gasteiger partial charge in [0.1, 0.15) is 11.6 Å². The molecule has 0 unspecified atom stereocenters. The summed E-state index contributed by atoms with van der Waals surface area (Å²) in [5.41, 5.74) is 9.91. The number of nitrogens with zero attached hydrogens (tertiary/aromatic N) is 2. The van der Waals surface area contributed by atoms with Crippen LogP contribution in [0.25, 0.3) is 28.2 Å². The highest BCUT2D eigenvalue weighted by Crippen LogP contribution is 2.33. The van der Waals surface area contributed by atoms with Gasteiger partial charge in [-0.15, -0.1) is 0 Å². The average molecular weight is 383 g/mol. The summed E-state index contributed by atoms with van der Waals surface area (Å²) in [6.07, 6.45) is 3.89. The molecule has 1 aromatic heterocycles. The van der Waals surface area contributed by atoms with E-state index in [1.807, 2.05) is 36.7 Å². The molecule has 0 aliphatic carbocycles. The van der Waals surface area contributed by atoms with E-state index in [0.717, 1.165) is 17.1 Å². The van der Waals surface area contributed by atoms with E-state index in [0.29, 0.717) is 0 Å². The third kappa shape index (κ3) is 3.44. The maximum absolute atomic E-state index is 5.29. The first kappa shape index (κ1) is 19.0. The monoisotopic (exact) mass is 382 g/mol. The van der Waals surface area contributed by atoms with Gasteiger partial charge in [-0.25, -0.2) is 4.98 Å². The van der Waals surface area contributed by atoms with Crippen molar-refractivity contribution in [3.8, 4) is 34.0 Å². The van der Waals surface area contributed by atoms with Gasteiger partial charge in [-0.2, -0.15) is 0 Å². The van der Waals surface area contributed by atoms with Gasteiger partial charge >= 0.3 is 0 Å². The molecule has 0 spiro atoms. The first-order valence-corrected chi connectivity index (χ1v) is 9.85. The van der Waals surface area contributed by atoms with Crippen molar-refractivity contribution in [1.29, 1.82) is 0 Å². The Labute approximate surface area is 172 Å². The van der Waals surface area contributed by atoms with Crippen LogP contribution in [0.5, 0.6) is 5.75 Å². The topological polar surface area (TPSA) is 27.1 Å². The van der Waals surface area contributed by atoms with Gasteiger partial charge in [-0.05, 0) is 97.5 Å². The van der Waals surface area contributed by atoms with E-state index >= 15 is 0 Å². The summed E-state index contributed by atoms with van der Waals surface area (Å²) in [5, 5.41) is 0. The zero-order chi connectivity index (χ0) is 20.5. The Morgan fingerprint density at radius 1 is 0.759 bits per heavy atom. The minimum atomic E-state index is 0.845. The van der Waals surface area contributed by atoms with E-state index in [4.69, 9.17) is 4.74 Å². The molecule has 0 radical (unpaired) electrons. The third-order valence-corrected chi connectivity index (χ3v) is 5.49. The molecular weight excluding hydrogens is 356 g/mol. The minimum Gasteiger partial charge on any atom is -0.497 e. The summed E-state index contributed by atoms with van der Waals surface area (Å²) < 4.78 is 7.47. The molecule has 3 heteroatoms. The summed E-state index contributed by atoms with van der Waals surface area (Å²) in [6.45, 7) is 8.71. The van der Waals surface area contributed by atoms with E-state index in [-0.39, 0.29) is 0 Å². The lowest BCUT2D eigenvalue weighted by molar-refractivity contribution is 0.415. The first-order valence-electron chi connectivity index (χ1n) is 9.85. The van der Waals surface area contributed by atoms with E-state index in [9.17, 15) is 0 Å². The van der Waals surface area contributed by atoms with E-state index < -0.39 is 0 Å². The highest BCUT2D eigenvalue weighted by Gasteiger charge is 2.15. The van der Waals surface area contributed by atoms with Crippen LogP contribution >= 0.6 is 0 Å². The SMILES string of the molecule is COc1ccc(-c2nccn2-c2c(C)cc(-c3c(C)cccc3C)cc2C)cc1. The number of methoxy groups -OCH3 is 1. The van der Waals surface area contributed by atoms with Crippen molar-refractivity contribution in [3.63, 3.8) is 0 Å². The second-order valence-corrected chi connectivity index (χ2v) is 7.57. The molecule has 0 aliphatic rings. The van der Waals surface area contributed by atoms with Crippen molar-refractivity contribution in [3.05, 3.63) is 89.2 Å². The molecule has 0 saturated heterocycles. The van der Waals surface area contributed by atoms with Gasteiger partial charge < -0.3 is 4.74 Å². The Morgan fingerprint density at radius 3 is 1.97 bits per heavy atom. The zero-order valence-corrected chi connectivity index (χ0v) is 17.7. The van der Waals surface area contributed by atoms with Crippen molar-refractivity contribution in [2.24, 2.45) is 0 Å². The summed E-state index contributed by atoms with van der Waals surface area (Å²) >= 11 is 0. The first-order chi connectivity index (χ1) is 14.0. The quantitative estimate of drug-likeness (QED) is 0.406. The molecule has 0 aliphatic heterocycles. The molecule has 0 saturated carbocycles. The second-order valence-electron chi connectivity index (χ2n) is 7.57. The van der Waals surface area contributed by atoms with Gasteiger partial charge in [-0.3, -0.25) is 4.57 Å². The second kappa shape index (κ2) is 7.59. The maximum Gasteiger partial charge on any atom is 0.144 e. The molecular formula is C26H26N2O. The lowest BCUT2D eigenvalue weighted by Gasteiger charge is -2.18. The summed E-state index contributed by atoms with van der Waals surface area (Å²) in [4.78, 5) is 4.63. The van der Waals surface area contributed by atoms with Crippen LogP contribution in [0.2, 0.25) is 0 Å². The smallest absolute Gasteiger partial charge is 0.144 e. The van der Waals surface area contributed by atoms with E-state index in [1.54, 1.807) is 7.11 Å². The number of imidazole rings is 1. The highest BCUT2D eigenvalue weighted by molar-refractivity contribution is 5.74. The van der Waals surface area contributed by atoms with Gasteiger partial charge in [0, 0.05) is 18.0 Å². The highest BCUT2D eigenvalue weighted by atomic mass is 16.5. The summed E-state index contributed by atoms with van der Waals surface area (Å²) in [6, 6.07) is 19.1. The Hall–Kier alpha value is -3.33. The van der Waals surface area contributed by atoms with Gasteiger partial charge in [0.15, 0.2) is 0 Å². The lowest BCUT2D eigenvalue weighted by Crippen LogP contribution is -2.03. The predicted molar refractivity (Wildman–Crippen MR) is 120 cm³/mol. The maximum atomic E-state index is 5.29.